The first kappa shape index (κ1) is 29.1. The van der Waals surface area contributed by atoms with Crippen LogP contribution in [0.4, 0.5) is 4.39 Å². The van der Waals surface area contributed by atoms with Crippen LogP contribution in [0.1, 0.15) is 15.9 Å². The third-order valence-corrected chi connectivity index (χ3v) is 8.37. The first-order valence-corrected chi connectivity index (χ1v) is 14.8. The van der Waals surface area contributed by atoms with Gasteiger partial charge in [-0.25, -0.2) is 9.37 Å². The number of aromatic nitrogens is 2. The third-order valence-electron chi connectivity index (χ3n) is 7.85. The molecule has 1 amide bonds. The quantitative estimate of drug-likeness (QED) is 0.211. The van der Waals surface area contributed by atoms with E-state index in [0.29, 0.717) is 39.9 Å². The second-order valence-electron chi connectivity index (χ2n) is 10.7. The second kappa shape index (κ2) is 12.3. The lowest BCUT2D eigenvalue weighted by Crippen LogP contribution is -2.43. The number of likely N-dealkylation sites (N-methyl/N-ethyl adjacent to an activating group) is 1. The highest BCUT2D eigenvalue weighted by Crippen LogP contribution is 2.43. The van der Waals surface area contributed by atoms with Crippen LogP contribution in [-0.2, 0) is 6.54 Å². The minimum Gasteiger partial charge on any atom is -0.366 e. The van der Waals surface area contributed by atoms with Crippen LogP contribution in [0, 0.1) is 5.82 Å². The molecule has 0 aliphatic carbocycles. The van der Waals surface area contributed by atoms with Gasteiger partial charge >= 0.3 is 0 Å². The number of rotatable bonds is 7. The average molecular weight is 615 g/mol. The van der Waals surface area contributed by atoms with Crippen molar-refractivity contribution in [2.24, 2.45) is 5.73 Å². The molecule has 6 nitrogen and oxygen atoms in total. The van der Waals surface area contributed by atoms with Gasteiger partial charge in [-0.3, -0.25) is 14.3 Å². The first-order valence-electron chi connectivity index (χ1n) is 14.0. The highest BCUT2D eigenvalue weighted by molar-refractivity contribution is 6.31. The van der Waals surface area contributed by atoms with Gasteiger partial charge in [0.2, 0.25) is 5.91 Å². The molecule has 5 aromatic rings. The Morgan fingerprint density at radius 3 is 2.35 bits per heavy atom. The van der Waals surface area contributed by atoms with Gasteiger partial charge in [-0.2, -0.15) is 0 Å². The van der Waals surface area contributed by atoms with Gasteiger partial charge in [0.05, 0.1) is 22.1 Å². The fourth-order valence-electron chi connectivity index (χ4n) is 5.60. The van der Waals surface area contributed by atoms with Gasteiger partial charge in [0, 0.05) is 60.0 Å². The van der Waals surface area contributed by atoms with Crippen molar-refractivity contribution in [3.8, 4) is 39.6 Å². The summed E-state index contributed by atoms with van der Waals surface area (Å²) in [6.07, 6.45) is 0. The summed E-state index contributed by atoms with van der Waals surface area (Å²) < 4.78 is 17.8. The van der Waals surface area contributed by atoms with E-state index in [1.807, 2.05) is 60.7 Å². The van der Waals surface area contributed by atoms with E-state index in [1.165, 1.54) is 6.07 Å². The molecule has 0 unspecified atom stereocenters. The number of hydrogen-bond acceptors (Lipinski definition) is 4. The van der Waals surface area contributed by atoms with Crippen LogP contribution < -0.4 is 5.73 Å². The Labute approximate surface area is 260 Å². The summed E-state index contributed by atoms with van der Waals surface area (Å²) in [5.74, 6) is -0.691. The van der Waals surface area contributed by atoms with Crippen molar-refractivity contribution < 1.29 is 9.18 Å². The maximum Gasteiger partial charge on any atom is 0.249 e. The molecule has 1 saturated heterocycles. The number of hydrogen-bond donors (Lipinski definition) is 1. The van der Waals surface area contributed by atoms with E-state index in [4.69, 9.17) is 33.9 Å². The molecule has 0 spiro atoms. The fraction of sp³-hybridized carbons (Fsp3) is 0.176. The normalized spacial score (nSPS) is 14.2. The Bertz CT molecular complexity index is 1800. The second-order valence-corrected chi connectivity index (χ2v) is 11.5. The molecule has 1 aliphatic heterocycles. The Balaban J connectivity index is 1.70. The van der Waals surface area contributed by atoms with Crippen LogP contribution in [0.5, 0.6) is 0 Å². The van der Waals surface area contributed by atoms with Crippen LogP contribution in [0.3, 0.4) is 0 Å². The van der Waals surface area contributed by atoms with Crippen molar-refractivity contribution >= 4 is 29.1 Å². The molecule has 43 heavy (non-hydrogen) atoms. The summed E-state index contributed by atoms with van der Waals surface area (Å²) in [5.41, 5.74) is 10.5. The average Bonchev–Trinajstić information content (AvgIpc) is 3.41. The minimum absolute atomic E-state index is 0.0148. The summed E-state index contributed by atoms with van der Waals surface area (Å²) in [6, 6.07) is 27.3. The molecule has 9 heteroatoms. The molecule has 0 saturated carbocycles. The number of nitrogens with two attached hydrogens (primary N) is 1. The first-order chi connectivity index (χ1) is 20.8. The molecule has 1 fully saturated rings. The number of carbonyl (C=O) groups excluding carboxylic acids is 1. The Morgan fingerprint density at radius 1 is 0.884 bits per heavy atom. The number of carbonyl (C=O) groups is 1. The van der Waals surface area contributed by atoms with Crippen LogP contribution >= 0.6 is 23.2 Å². The standard InChI is InChI=1S/C34H30Cl2FN5O/c1-40-16-18-41(19-17-40)21-23-14-15-24(35)20-27(23)32-31(25-10-5-6-11-26(25)33(38)43)39-34(22-8-3-2-4-9-22)42(32)29-13-7-12-28(36)30(29)37/h2-15,20H,16-19,21H2,1H3,(H2,38,43). The highest BCUT2D eigenvalue weighted by Gasteiger charge is 2.28. The molecular weight excluding hydrogens is 584 g/mol. The summed E-state index contributed by atoms with van der Waals surface area (Å²) in [4.78, 5) is 22.5. The van der Waals surface area contributed by atoms with E-state index >= 15 is 4.39 Å². The molecule has 6 rings (SSSR count). The van der Waals surface area contributed by atoms with E-state index in [9.17, 15) is 4.79 Å². The lowest BCUT2D eigenvalue weighted by atomic mass is 9.96. The molecule has 2 heterocycles. The largest absolute Gasteiger partial charge is 0.366 e. The Hall–Kier alpha value is -4.01. The van der Waals surface area contributed by atoms with Crippen molar-refractivity contribution in [3.05, 3.63) is 118 Å². The zero-order chi connectivity index (χ0) is 30.1. The number of nitrogens with zero attached hydrogens (tertiary/aromatic N) is 4. The predicted octanol–water partition coefficient (Wildman–Crippen LogP) is 7.17. The van der Waals surface area contributed by atoms with Gasteiger partial charge in [-0.1, -0.05) is 83.9 Å². The molecule has 1 aromatic heterocycles. The zero-order valence-electron chi connectivity index (χ0n) is 23.6. The van der Waals surface area contributed by atoms with Gasteiger partial charge in [0.1, 0.15) is 5.82 Å². The monoisotopic (exact) mass is 613 g/mol. The van der Waals surface area contributed by atoms with E-state index in [2.05, 4.69) is 16.8 Å². The van der Waals surface area contributed by atoms with Gasteiger partial charge in [0.15, 0.2) is 5.82 Å². The third kappa shape index (κ3) is 5.82. The Morgan fingerprint density at radius 2 is 1.60 bits per heavy atom. The molecule has 2 N–H and O–H groups in total. The molecule has 218 valence electrons. The Kier molecular flexibility index (Phi) is 8.32. The van der Waals surface area contributed by atoms with Gasteiger partial charge in [0.25, 0.3) is 0 Å². The topological polar surface area (TPSA) is 67.4 Å². The van der Waals surface area contributed by atoms with Gasteiger partial charge in [-0.15, -0.1) is 0 Å². The molecule has 0 atom stereocenters. The van der Waals surface area contributed by atoms with E-state index in [-0.39, 0.29) is 10.7 Å². The van der Waals surface area contributed by atoms with Gasteiger partial charge in [-0.05, 0) is 42.9 Å². The van der Waals surface area contributed by atoms with Gasteiger partial charge < -0.3 is 10.6 Å². The number of amides is 1. The smallest absolute Gasteiger partial charge is 0.249 e. The summed E-state index contributed by atoms with van der Waals surface area (Å²) in [6.45, 7) is 4.40. The number of imidazole rings is 1. The van der Waals surface area contributed by atoms with Crippen molar-refractivity contribution in [3.63, 3.8) is 0 Å². The molecular formula is C34H30Cl2FN5O. The van der Waals surface area contributed by atoms with Crippen LogP contribution in [0.25, 0.3) is 39.6 Å². The van der Waals surface area contributed by atoms with E-state index < -0.39 is 11.7 Å². The molecule has 1 aliphatic rings. The zero-order valence-corrected chi connectivity index (χ0v) is 25.1. The maximum atomic E-state index is 16.0. The van der Waals surface area contributed by atoms with Crippen LogP contribution in [0.2, 0.25) is 10.0 Å². The summed E-state index contributed by atoms with van der Waals surface area (Å²) >= 11 is 13.0. The molecule has 4 aromatic carbocycles. The van der Waals surface area contributed by atoms with E-state index in [0.717, 1.165) is 42.9 Å². The lowest BCUT2D eigenvalue weighted by Gasteiger charge is -2.33. The predicted molar refractivity (Wildman–Crippen MR) is 171 cm³/mol. The van der Waals surface area contributed by atoms with Crippen LogP contribution in [-0.4, -0.2) is 58.5 Å². The molecule has 0 bridgehead atoms. The van der Waals surface area contributed by atoms with Crippen LogP contribution in [0.15, 0.2) is 91.0 Å². The number of benzene rings is 4. The summed E-state index contributed by atoms with van der Waals surface area (Å²) in [5, 5.41) is 0.505. The van der Waals surface area contributed by atoms with Crippen molar-refractivity contribution in [1.29, 1.82) is 0 Å². The maximum absolute atomic E-state index is 16.0. The summed E-state index contributed by atoms with van der Waals surface area (Å²) in [7, 11) is 2.12. The number of halogens is 3. The minimum atomic E-state index is -0.588. The van der Waals surface area contributed by atoms with Crippen molar-refractivity contribution in [1.82, 2.24) is 19.4 Å². The van der Waals surface area contributed by atoms with Crippen molar-refractivity contribution in [2.75, 3.05) is 33.2 Å². The lowest BCUT2D eigenvalue weighted by molar-refractivity contribution is 0.100. The number of piperazine rings is 1. The SMILES string of the molecule is CN1CCN(Cc2ccc(Cl)cc2-c2c(-c3ccccc3C(N)=O)nc(-c3ccccc3)n2-c2cccc(Cl)c2F)CC1. The fourth-order valence-corrected chi connectivity index (χ4v) is 5.94. The van der Waals surface area contributed by atoms with Crippen molar-refractivity contribution in [2.45, 2.75) is 6.54 Å². The van der Waals surface area contributed by atoms with E-state index in [1.54, 1.807) is 28.8 Å². The molecule has 0 radical (unpaired) electrons. The highest BCUT2D eigenvalue weighted by atomic mass is 35.5. The number of primary amides is 1.